The van der Waals surface area contributed by atoms with Crippen LogP contribution in [-0.4, -0.2) is 13.2 Å². The summed E-state index contributed by atoms with van der Waals surface area (Å²) < 4.78 is 78.9. The normalized spacial score (nSPS) is 19.6. The molecule has 0 saturated carbocycles. The van der Waals surface area contributed by atoms with E-state index in [-0.39, 0.29) is 24.7 Å². The van der Waals surface area contributed by atoms with Gasteiger partial charge in [0.05, 0.1) is 19.3 Å². The molecule has 1 aliphatic rings. The summed E-state index contributed by atoms with van der Waals surface area (Å²) in [5, 5.41) is 0. The van der Waals surface area contributed by atoms with Crippen molar-refractivity contribution < 1.29 is 31.4 Å². The van der Waals surface area contributed by atoms with Gasteiger partial charge in [0.2, 0.25) is 0 Å². The lowest BCUT2D eigenvalue weighted by Gasteiger charge is -2.29. The third-order valence-electron chi connectivity index (χ3n) is 4.81. The Morgan fingerprint density at radius 1 is 0.929 bits per heavy atom. The summed E-state index contributed by atoms with van der Waals surface area (Å²) in [4.78, 5) is 0. The summed E-state index contributed by atoms with van der Waals surface area (Å²) in [5.41, 5.74) is 0.798. The average molecular weight is 400 g/mol. The van der Waals surface area contributed by atoms with Crippen molar-refractivity contribution in [2.45, 2.75) is 38.7 Å². The van der Waals surface area contributed by atoms with Gasteiger partial charge in [0, 0.05) is 5.92 Å². The van der Waals surface area contributed by atoms with Crippen LogP contribution in [0.25, 0.3) is 0 Å². The highest BCUT2D eigenvalue weighted by Crippen LogP contribution is 2.33. The van der Waals surface area contributed by atoms with E-state index in [9.17, 15) is 22.0 Å². The molecule has 0 radical (unpaired) electrons. The van der Waals surface area contributed by atoms with Crippen molar-refractivity contribution >= 4 is 0 Å². The van der Waals surface area contributed by atoms with E-state index >= 15 is 0 Å². The smallest absolute Gasteiger partial charge is 0.194 e. The van der Waals surface area contributed by atoms with Gasteiger partial charge in [-0.15, -0.1) is 0 Å². The topological polar surface area (TPSA) is 18.5 Å². The van der Waals surface area contributed by atoms with Gasteiger partial charge < -0.3 is 9.47 Å². The Kier molecular flexibility index (Phi) is 6.54. The van der Waals surface area contributed by atoms with E-state index in [1.165, 1.54) is 12.1 Å². The molecule has 1 saturated heterocycles. The van der Waals surface area contributed by atoms with Crippen LogP contribution < -0.4 is 4.74 Å². The van der Waals surface area contributed by atoms with Crippen molar-refractivity contribution in [2.24, 2.45) is 5.92 Å². The molecule has 2 atom stereocenters. The molecule has 0 amide bonds. The van der Waals surface area contributed by atoms with Crippen LogP contribution in [0.4, 0.5) is 22.0 Å². The third kappa shape index (κ3) is 4.63. The predicted molar refractivity (Wildman–Crippen MR) is 93.6 cm³/mol. The maximum atomic E-state index is 14.1. The van der Waals surface area contributed by atoms with Crippen LogP contribution in [0.1, 0.15) is 43.4 Å². The minimum Gasteiger partial charge on any atom is -0.487 e. The highest BCUT2D eigenvalue weighted by molar-refractivity contribution is 5.31. The first-order valence-electron chi connectivity index (χ1n) is 9.25. The highest BCUT2D eigenvalue weighted by Gasteiger charge is 2.26. The Morgan fingerprint density at radius 3 is 2.11 bits per heavy atom. The second kappa shape index (κ2) is 8.90. The van der Waals surface area contributed by atoms with Crippen LogP contribution in [0, 0.1) is 35.0 Å². The quantitative estimate of drug-likeness (QED) is 0.445. The number of hydrogen-bond donors (Lipinski definition) is 0. The molecule has 0 spiro atoms. The Labute approximate surface area is 160 Å². The van der Waals surface area contributed by atoms with Gasteiger partial charge in [-0.25, -0.2) is 22.0 Å². The summed E-state index contributed by atoms with van der Waals surface area (Å²) in [7, 11) is 0. The molecule has 2 aromatic rings. The van der Waals surface area contributed by atoms with Gasteiger partial charge in [-0.05, 0) is 54.7 Å². The molecule has 0 bridgehead atoms. The third-order valence-corrected chi connectivity index (χ3v) is 4.81. The second-order valence-corrected chi connectivity index (χ2v) is 7.01. The molecule has 28 heavy (non-hydrogen) atoms. The number of aryl methyl sites for hydroxylation is 1. The molecular formula is C21H21F5O2. The molecule has 0 aromatic heterocycles. The molecule has 1 fully saturated rings. The molecule has 1 heterocycles. The number of hydrogen-bond acceptors (Lipinski definition) is 2. The van der Waals surface area contributed by atoms with Gasteiger partial charge in [0.1, 0.15) is 0 Å². The first-order valence-corrected chi connectivity index (χ1v) is 9.25. The van der Waals surface area contributed by atoms with Crippen molar-refractivity contribution in [2.75, 3.05) is 13.2 Å². The molecule has 0 N–H and O–H groups in total. The largest absolute Gasteiger partial charge is 0.487 e. The van der Waals surface area contributed by atoms with Crippen molar-refractivity contribution in [1.82, 2.24) is 0 Å². The lowest BCUT2D eigenvalue weighted by atomic mass is 9.95. The van der Waals surface area contributed by atoms with E-state index in [1.807, 2.05) is 6.92 Å². The molecule has 3 rings (SSSR count). The van der Waals surface area contributed by atoms with E-state index in [0.717, 1.165) is 18.6 Å². The SMILES string of the molecule is CCCc1cc(F)c(OCC2CCC(c3cc(F)c(F)c(F)c3)OC2)c(F)c1. The number of benzene rings is 2. The summed E-state index contributed by atoms with van der Waals surface area (Å²) in [5.74, 6) is -6.06. The maximum Gasteiger partial charge on any atom is 0.194 e. The summed E-state index contributed by atoms with van der Waals surface area (Å²) in [6.45, 7) is 2.17. The van der Waals surface area contributed by atoms with E-state index in [2.05, 4.69) is 0 Å². The summed E-state index contributed by atoms with van der Waals surface area (Å²) >= 11 is 0. The van der Waals surface area contributed by atoms with Crippen molar-refractivity contribution in [3.8, 4) is 5.75 Å². The summed E-state index contributed by atoms with van der Waals surface area (Å²) in [6, 6.07) is 4.38. The molecule has 1 aliphatic heterocycles. The second-order valence-electron chi connectivity index (χ2n) is 7.01. The molecular weight excluding hydrogens is 379 g/mol. The summed E-state index contributed by atoms with van der Waals surface area (Å²) in [6.07, 6.45) is 1.79. The van der Waals surface area contributed by atoms with E-state index in [4.69, 9.17) is 9.47 Å². The monoisotopic (exact) mass is 400 g/mol. The Balaban J connectivity index is 1.57. The standard InChI is InChI=1S/C21H21F5O2/c1-2-3-12-6-17(24)21(18(25)7-12)28-11-13-4-5-19(27-10-13)14-8-15(22)20(26)16(23)9-14/h6-9,13,19H,2-5,10-11H2,1H3. The van der Waals surface area contributed by atoms with E-state index in [1.54, 1.807) is 0 Å². The lowest BCUT2D eigenvalue weighted by Crippen LogP contribution is -2.26. The first-order chi connectivity index (χ1) is 13.4. The van der Waals surface area contributed by atoms with Gasteiger partial charge in [0.15, 0.2) is 34.8 Å². The van der Waals surface area contributed by atoms with Crippen molar-refractivity contribution in [3.05, 3.63) is 64.5 Å². The zero-order valence-corrected chi connectivity index (χ0v) is 15.4. The van der Waals surface area contributed by atoms with Crippen LogP contribution in [0.3, 0.4) is 0 Å². The first kappa shape index (κ1) is 20.6. The fourth-order valence-corrected chi connectivity index (χ4v) is 3.35. The Bertz CT molecular complexity index is 786. The van der Waals surface area contributed by atoms with Gasteiger partial charge in [-0.2, -0.15) is 0 Å². The van der Waals surface area contributed by atoms with E-state index in [0.29, 0.717) is 24.8 Å². The van der Waals surface area contributed by atoms with Gasteiger partial charge in [0.25, 0.3) is 0 Å². The van der Waals surface area contributed by atoms with Gasteiger partial charge >= 0.3 is 0 Å². The van der Waals surface area contributed by atoms with E-state index < -0.39 is 40.9 Å². The Hall–Kier alpha value is -2.15. The minimum atomic E-state index is -1.51. The molecule has 2 nitrogen and oxygen atoms in total. The average Bonchev–Trinajstić information content (AvgIpc) is 2.66. The highest BCUT2D eigenvalue weighted by atomic mass is 19.2. The predicted octanol–water partition coefficient (Wildman–Crippen LogP) is 5.88. The maximum absolute atomic E-state index is 14.1. The lowest BCUT2D eigenvalue weighted by molar-refractivity contribution is -0.0294. The molecule has 7 heteroatoms. The zero-order chi connectivity index (χ0) is 20.3. The zero-order valence-electron chi connectivity index (χ0n) is 15.4. The van der Waals surface area contributed by atoms with Crippen LogP contribution >= 0.6 is 0 Å². The number of rotatable bonds is 6. The number of halogens is 5. The van der Waals surface area contributed by atoms with Crippen LogP contribution in [-0.2, 0) is 11.2 Å². The van der Waals surface area contributed by atoms with Gasteiger partial charge in [-0.3, -0.25) is 0 Å². The minimum absolute atomic E-state index is 0.0554. The fourth-order valence-electron chi connectivity index (χ4n) is 3.35. The fraction of sp³-hybridized carbons (Fsp3) is 0.429. The molecule has 2 unspecified atom stereocenters. The van der Waals surface area contributed by atoms with Crippen LogP contribution in [0.15, 0.2) is 24.3 Å². The van der Waals surface area contributed by atoms with Crippen LogP contribution in [0.2, 0.25) is 0 Å². The molecule has 0 aliphatic carbocycles. The van der Waals surface area contributed by atoms with Crippen molar-refractivity contribution in [3.63, 3.8) is 0 Å². The van der Waals surface area contributed by atoms with Crippen molar-refractivity contribution in [1.29, 1.82) is 0 Å². The Morgan fingerprint density at radius 2 is 1.57 bits per heavy atom. The molecule has 152 valence electrons. The molecule has 2 aromatic carbocycles. The van der Waals surface area contributed by atoms with Gasteiger partial charge in [-0.1, -0.05) is 13.3 Å². The van der Waals surface area contributed by atoms with Crippen LogP contribution in [0.5, 0.6) is 5.75 Å². The number of ether oxygens (including phenoxy) is 2.